The van der Waals surface area contributed by atoms with Crippen LogP contribution in [0.5, 0.6) is 17.2 Å². The van der Waals surface area contributed by atoms with Crippen molar-refractivity contribution < 1.29 is 27.4 Å². The molecular formula is C17H19ClN2O6S. The number of halogens is 1. The molecular weight excluding hydrogens is 396 g/mol. The Bertz CT molecular complexity index is 948. The summed E-state index contributed by atoms with van der Waals surface area (Å²) < 4.78 is 42.8. The molecule has 0 radical (unpaired) electrons. The lowest BCUT2D eigenvalue weighted by molar-refractivity contribution is -0.116. The lowest BCUT2D eigenvalue weighted by Gasteiger charge is -2.25. The van der Waals surface area contributed by atoms with Crippen LogP contribution in [0.2, 0.25) is 5.02 Å². The molecule has 2 aromatic carbocycles. The van der Waals surface area contributed by atoms with Crippen molar-refractivity contribution in [2.24, 2.45) is 5.73 Å². The van der Waals surface area contributed by atoms with E-state index in [4.69, 9.17) is 31.5 Å². The fourth-order valence-electron chi connectivity index (χ4n) is 2.40. The lowest BCUT2D eigenvalue weighted by Crippen LogP contribution is -2.38. The molecule has 0 atom stereocenters. The quantitative estimate of drug-likeness (QED) is 0.708. The predicted molar refractivity (Wildman–Crippen MR) is 101 cm³/mol. The maximum atomic E-state index is 13.2. The summed E-state index contributed by atoms with van der Waals surface area (Å²) in [6.07, 6.45) is 0. The van der Waals surface area contributed by atoms with Crippen molar-refractivity contribution in [1.82, 2.24) is 0 Å². The minimum atomic E-state index is -4.20. The van der Waals surface area contributed by atoms with E-state index in [-0.39, 0.29) is 27.1 Å². The van der Waals surface area contributed by atoms with E-state index < -0.39 is 22.5 Å². The van der Waals surface area contributed by atoms with Crippen LogP contribution in [0.25, 0.3) is 0 Å². The number of anilines is 1. The molecule has 0 saturated heterocycles. The van der Waals surface area contributed by atoms with Crippen molar-refractivity contribution in [2.75, 3.05) is 32.2 Å². The van der Waals surface area contributed by atoms with Crippen LogP contribution in [0.15, 0.2) is 41.3 Å². The van der Waals surface area contributed by atoms with Crippen LogP contribution in [0.4, 0.5) is 5.69 Å². The molecule has 2 N–H and O–H groups in total. The van der Waals surface area contributed by atoms with Gasteiger partial charge < -0.3 is 19.9 Å². The van der Waals surface area contributed by atoms with Gasteiger partial charge in [-0.2, -0.15) is 0 Å². The third kappa shape index (κ3) is 4.37. The molecule has 0 unspecified atom stereocenters. The Morgan fingerprint density at radius 1 is 1.00 bits per heavy atom. The number of nitrogens with zero attached hydrogens (tertiary/aromatic N) is 1. The summed E-state index contributed by atoms with van der Waals surface area (Å²) >= 11 is 6.01. The van der Waals surface area contributed by atoms with Crippen LogP contribution in [-0.2, 0) is 14.8 Å². The van der Waals surface area contributed by atoms with Crippen LogP contribution < -0.4 is 24.2 Å². The van der Waals surface area contributed by atoms with E-state index in [2.05, 4.69) is 0 Å². The minimum Gasteiger partial charge on any atom is -0.495 e. The zero-order valence-corrected chi connectivity index (χ0v) is 16.5. The molecule has 2 aromatic rings. The molecule has 0 fully saturated rings. The Morgan fingerprint density at radius 3 is 2.15 bits per heavy atom. The molecule has 0 aliphatic heterocycles. The van der Waals surface area contributed by atoms with Crippen molar-refractivity contribution in [3.8, 4) is 17.2 Å². The van der Waals surface area contributed by atoms with Crippen molar-refractivity contribution >= 4 is 33.2 Å². The van der Waals surface area contributed by atoms with Crippen LogP contribution >= 0.6 is 11.6 Å². The largest absolute Gasteiger partial charge is 0.495 e. The van der Waals surface area contributed by atoms with Gasteiger partial charge in [0.2, 0.25) is 5.91 Å². The molecule has 0 bridgehead atoms. The number of nitrogens with two attached hydrogens (primary N) is 1. The van der Waals surface area contributed by atoms with Crippen LogP contribution in [0, 0.1) is 0 Å². The van der Waals surface area contributed by atoms with E-state index in [9.17, 15) is 13.2 Å². The minimum absolute atomic E-state index is 0.0820. The van der Waals surface area contributed by atoms with Gasteiger partial charge in [0.05, 0.1) is 31.9 Å². The predicted octanol–water partition coefficient (Wildman–Crippen LogP) is 2.05. The topological polar surface area (TPSA) is 108 Å². The van der Waals surface area contributed by atoms with E-state index in [1.54, 1.807) is 0 Å². The Morgan fingerprint density at radius 2 is 1.59 bits per heavy atom. The van der Waals surface area contributed by atoms with Crippen LogP contribution in [0.1, 0.15) is 0 Å². The maximum absolute atomic E-state index is 13.2. The Balaban J connectivity index is 2.66. The van der Waals surface area contributed by atoms with Crippen molar-refractivity contribution in [3.05, 3.63) is 41.4 Å². The first-order valence-electron chi connectivity index (χ1n) is 7.61. The van der Waals surface area contributed by atoms with Gasteiger partial charge in [-0.3, -0.25) is 9.10 Å². The summed E-state index contributed by atoms with van der Waals surface area (Å²) in [6.45, 7) is -0.604. The van der Waals surface area contributed by atoms with E-state index >= 15 is 0 Å². The van der Waals surface area contributed by atoms with Crippen molar-refractivity contribution in [2.45, 2.75) is 4.90 Å². The molecule has 0 saturated carbocycles. The average Bonchev–Trinajstić information content (AvgIpc) is 2.65. The number of methoxy groups -OCH3 is 3. The summed E-state index contributed by atoms with van der Waals surface area (Å²) in [5.41, 5.74) is 5.36. The van der Waals surface area contributed by atoms with E-state index in [0.29, 0.717) is 5.75 Å². The van der Waals surface area contributed by atoms with Gasteiger partial charge in [0.25, 0.3) is 10.0 Å². The highest BCUT2D eigenvalue weighted by Crippen LogP contribution is 2.36. The number of primary amides is 1. The second-order valence-electron chi connectivity index (χ2n) is 5.31. The number of carbonyl (C=O) groups is 1. The number of hydrogen-bond donors (Lipinski definition) is 1. The molecule has 1 amide bonds. The molecule has 2 rings (SSSR count). The van der Waals surface area contributed by atoms with Gasteiger partial charge in [-0.25, -0.2) is 8.42 Å². The first-order chi connectivity index (χ1) is 12.7. The van der Waals surface area contributed by atoms with Crippen molar-refractivity contribution in [1.29, 1.82) is 0 Å². The first-order valence-corrected chi connectivity index (χ1v) is 9.43. The van der Waals surface area contributed by atoms with Crippen molar-refractivity contribution in [3.63, 3.8) is 0 Å². The normalized spacial score (nSPS) is 11.0. The highest BCUT2D eigenvalue weighted by Gasteiger charge is 2.30. The Labute approximate surface area is 162 Å². The number of carbonyl (C=O) groups excluding carboxylic acids is 1. The zero-order valence-electron chi connectivity index (χ0n) is 14.9. The molecule has 146 valence electrons. The number of ether oxygens (including phenoxy) is 3. The van der Waals surface area contributed by atoms with Gasteiger partial charge >= 0.3 is 0 Å². The zero-order chi connectivity index (χ0) is 20.2. The van der Waals surface area contributed by atoms with Gasteiger partial charge in [-0.05, 0) is 30.3 Å². The smallest absolute Gasteiger partial charge is 0.265 e. The van der Waals surface area contributed by atoms with Crippen LogP contribution in [0.3, 0.4) is 0 Å². The summed E-state index contributed by atoms with van der Waals surface area (Å²) in [6, 6.07) is 8.48. The number of rotatable bonds is 8. The highest BCUT2D eigenvalue weighted by molar-refractivity contribution is 7.92. The summed E-state index contributed by atoms with van der Waals surface area (Å²) in [5.74, 6) is -0.0559. The number of sulfonamides is 1. The molecule has 0 spiro atoms. The summed E-state index contributed by atoms with van der Waals surface area (Å²) in [5, 5.41) is 0.266. The van der Waals surface area contributed by atoms with Gasteiger partial charge in [0.1, 0.15) is 12.3 Å². The molecule has 0 aromatic heterocycles. The summed E-state index contributed by atoms with van der Waals surface area (Å²) in [7, 11) is -0.00744. The third-order valence-electron chi connectivity index (χ3n) is 3.65. The fourth-order valence-corrected chi connectivity index (χ4v) is 4.02. The highest BCUT2D eigenvalue weighted by atomic mass is 35.5. The van der Waals surface area contributed by atoms with E-state index in [1.165, 1.54) is 57.7 Å². The number of benzene rings is 2. The Kier molecular flexibility index (Phi) is 6.40. The van der Waals surface area contributed by atoms with E-state index in [1.807, 2.05) is 0 Å². The average molecular weight is 415 g/mol. The second-order valence-corrected chi connectivity index (χ2v) is 7.61. The standard InChI is InChI=1S/C17H19ClN2O6S/c1-24-14-6-4-11(18)8-13(14)20(10-17(19)21)27(22,23)12-5-7-15(25-2)16(9-12)26-3/h4-9H,10H2,1-3H3,(H2,19,21). The maximum Gasteiger partial charge on any atom is 0.265 e. The molecule has 10 heteroatoms. The number of amides is 1. The molecule has 0 aliphatic rings. The third-order valence-corrected chi connectivity index (χ3v) is 5.64. The summed E-state index contributed by atoms with van der Waals surface area (Å²) in [4.78, 5) is 11.4. The van der Waals surface area contributed by atoms with Gasteiger partial charge in [-0.15, -0.1) is 0 Å². The van der Waals surface area contributed by atoms with Gasteiger partial charge in [-0.1, -0.05) is 11.6 Å². The number of hydrogen-bond acceptors (Lipinski definition) is 6. The molecule has 0 aliphatic carbocycles. The molecule has 8 nitrogen and oxygen atoms in total. The Hall–Kier alpha value is -2.65. The first kappa shape index (κ1) is 20.7. The molecule has 0 heterocycles. The fraction of sp³-hybridized carbons (Fsp3) is 0.235. The van der Waals surface area contributed by atoms with Crippen LogP contribution in [-0.4, -0.2) is 42.2 Å². The van der Waals surface area contributed by atoms with Gasteiger partial charge in [0, 0.05) is 11.1 Å². The molecule has 27 heavy (non-hydrogen) atoms. The lowest BCUT2D eigenvalue weighted by atomic mass is 10.3. The second kappa shape index (κ2) is 8.36. The monoisotopic (exact) mass is 414 g/mol. The van der Waals surface area contributed by atoms with Gasteiger partial charge in [0.15, 0.2) is 11.5 Å². The van der Waals surface area contributed by atoms with E-state index in [0.717, 1.165) is 4.31 Å². The SMILES string of the molecule is COc1ccc(S(=O)(=O)N(CC(N)=O)c2cc(Cl)ccc2OC)cc1OC.